The molecule has 8 heteroatoms. The van der Waals surface area contributed by atoms with E-state index in [1.54, 1.807) is 13.8 Å². The quantitative estimate of drug-likeness (QED) is 0.813. The summed E-state index contributed by atoms with van der Waals surface area (Å²) in [7, 11) is 1.24. The molecule has 0 spiro atoms. The number of carbonyl (C=O) groups is 2. The van der Waals surface area contributed by atoms with Gasteiger partial charge in [0.25, 0.3) is 0 Å². The number of rotatable bonds is 4. The lowest BCUT2D eigenvalue weighted by atomic mass is 10.1. The van der Waals surface area contributed by atoms with Crippen molar-refractivity contribution in [2.24, 2.45) is 0 Å². The van der Waals surface area contributed by atoms with Crippen LogP contribution in [0.1, 0.15) is 31.9 Å². The van der Waals surface area contributed by atoms with Crippen LogP contribution in [0, 0.1) is 13.8 Å². The molecular formula is C17H16F3NO3S. The molecule has 1 N–H and O–H groups in total. The summed E-state index contributed by atoms with van der Waals surface area (Å²) in [6.07, 6.45) is -4.70. The number of halogens is 3. The number of amides is 1. The molecular weight excluding hydrogens is 355 g/mol. The first-order valence-corrected chi connectivity index (χ1v) is 8.09. The van der Waals surface area contributed by atoms with E-state index in [4.69, 9.17) is 4.74 Å². The minimum Gasteiger partial charge on any atom is -0.465 e. The van der Waals surface area contributed by atoms with Crippen LogP contribution in [-0.4, -0.2) is 19.0 Å². The molecule has 4 nitrogen and oxygen atoms in total. The maximum absolute atomic E-state index is 12.7. The average Bonchev–Trinajstić information content (AvgIpc) is 2.80. The van der Waals surface area contributed by atoms with Crippen LogP contribution in [0.2, 0.25) is 0 Å². The minimum absolute atomic E-state index is 0.233. The lowest BCUT2D eigenvalue weighted by Gasteiger charge is -2.09. The summed E-state index contributed by atoms with van der Waals surface area (Å²) in [5.74, 6) is -1.08. The first kappa shape index (κ1) is 19.0. The predicted octanol–water partition coefficient (Wildman–Crippen LogP) is 4.35. The lowest BCUT2D eigenvalue weighted by Crippen LogP contribution is -2.16. The maximum atomic E-state index is 12.7. The van der Waals surface area contributed by atoms with Crippen LogP contribution >= 0.6 is 11.3 Å². The van der Waals surface area contributed by atoms with Gasteiger partial charge < -0.3 is 10.1 Å². The molecule has 0 aliphatic carbocycles. The van der Waals surface area contributed by atoms with Crippen LogP contribution in [0.25, 0.3) is 0 Å². The van der Waals surface area contributed by atoms with E-state index in [0.29, 0.717) is 10.6 Å². The number of thiophene rings is 1. The summed E-state index contributed by atoms with van der Waals surface area (Å²) < 4.78 is 42.9. The highest BCUT2D eigenvalue weighted by atomic mass is 32.1. The molecule has 0 atom stereocenters. The Kier molecular flexibility index (Phi) is 5.52. The molecule has 0 aliphatic rings. The first-order valence-electron chi connectivity index (χ1n) is 7.27. The number of hydrogen-bond donors (Lipinski definition) is 1. The van der Waals surface area contributed by atoms with Gasteiger partial charge in [0.2, 0.25) is 5.91 Å². The molecule has 0 saturated heterocycles. The van der Waals surface area contributed by atoms with Gasteiger partial charge in [-0.15, -0.1) is 11.3 Å². The third kappa shape index (κ3) is 4.39. The second kappa shape index (κ2) is 7.26. The fraction of sp³-hybridized carbons (Fsp3) is 0.294. The Morgan fingerprint density at radius 2 is 1.92 bits per heavy atom. The lowest BCUT2D eigenvalue weighted by molar-refractivity contribution is -0.137. The fourth-order valence-corrected chi connectivity index (χ4v) is 3.34. The Labute approximate surface area is 146 Å². The number of alkyl halides is 3. The van der Waals surface area contributed by atoms with Crippen LogP contribution in [0.3, 0.4) is 0 Å². The summed E-state index contributed by atoms with van der Waals surface area (Å²) in [6.45, 7) is 3.54. The van der Waals surface area contributed by atoms with Crippen molar-refractivity contribution in [1.29, 1.82) is 0 Å². The zero-order valence-corrected chi connectivity index (χ0v) is 14.6. The van der Waals surface area contributed by atoms with E-state index in [1.165, 1.54) is 30.6 Å². The highest BCUT2D eigenvalue weighted by Crippen LogP contribution is 2.33. The van der Waals surface area contributed by atoms with Crippen molar-refractivity contribution in [3.05, 3.63) is 51.4 Å². The average molecular weight is 371 g/mol. The second-order valence-electron chi connectivity index (χ2n) is 5.40. The summed E-state index contributed by atoms with van der Waals surface area (Å²) in [5.41, 5.74) is 0.390. The van der Waals surface area contributed by atoms with E-state index < -0.39 is 23.6 Å². The molecule has 0 fully saturated rings. The number of esters is 1. The first-order chi connectivity index (χ1) is 11.6. The van der Waals surface area contributed by atoms with Crippen molar-refractivity contribution in [1.82, 2.24) is 0 Å². The molecule has 2 rings (SSSR count). The van der Waals surface area contributed by atoms with Gasteiger partial charge in [0.1, 0.15) is 5.00 Å². The van der Waals surface area contributed by atoms with Gasteiger partial charge in [-0.2, -0.15) is 13.2 Å². The van der Waals surface area contributed by atoms with E-state index in [2.05, 4.69) is 5.32 Å². The molecule has 0 bridgehead atoms. The molecule has 0 saturated carbocycles. The zero-order valence-electron chi connectivity index (χ0n) is 13.8. The van der Waals surface area contributed by atoms with Crippen molar-refractivity contribution < 1.29 is 27.5 Å². The monoisotopic (exact) mass is 371 g/mol. The number of methoxy groups -OCH3 is 1. The van der Waals surface area contributed by atoms with Gasteiger partial charge in [-0.25, -0.2) is 4.79 Å². The van der Waals surface area contributed by atoms with Gasteiger partial charge >= 0.3 is 12.1 Å². The number of nitrogens with one attached hydrogen (secondary N) is 1. The van der Waals surface area contributed by atoms with Crippen LogP contribution in [0.5, 0.6) is 0 Å². The van der Waals surface area contributed by atoms with Gasteiger partial charge in [-0.1, -0.05) is 18.2 Å². The van der Waals surface area contributed by atoms with E-state index in [9.17, 15) is 22.8 Å². The Morgan fingerprint density at radius 1 is 1.24 bits per heavy atom. The second-order valence-corrected chi connectivity index (χ2v) is 6.63. The zero-order chi connectivity index (χ0) is 18.8. The van der Waals surface area contributed by atoms with Crippen LogP contribution in [0.15, 0.2) is 24.3 Å². The molecule has 134 valence electrons. The number of hydrogen-bond acceptors (Lipinski definition) is 4. The molecule has 25 heavy (non-hydrogen) atoms. The molecule has 1 heterocycles. The number of anilines is 1. The Morgan fingerprint density at radius 3 is 2.52 bits per heavy atom. The van der Waals surface area contributed by atoms with E-state index in [1.807, 2.05) is 0 Å². The number of ether oxygens (including phenoxy) is 1. The fourth-order valence-electron chi connectivity index (χ4n) is 2.28. The molecule has 1 amide bonds. The van der Waals surface area contributed by atoms with Crippen molar-refractivity contribution >= 4 is 28.2 Å². The van der Waals surface area contributed by atoms with Crippen LogP contribution in [0.4, 0.5) is 18.2 Å². The number of aryl methyl sites for hydroxylation is 1. The smallest absolute Gasteiger partial charge is 0.416 e. The minimum atomic E-state index is -4.47. The SMILES string of the molecule is COC(=O)c1c(NC(=O)Cc2cccc(C(F)(F)F)c2)sc(C)c1C. The maximum Gasteiger partial charge on any atom is 0.416 e. The predicted molar refractivity (Wildman–Crippen MR) is 88.9 cm³/mol. The normalized spacial score (nSPS) is 11.3. The summed E-state index contributed by atoms with van der Waals surface area (Å²) in [4.78, 5) is 24.9. The molecule has 2 aromatic rings. The van der Waals surface area contributed by atoms with Crippen molar-refractivity contribution in [2.75, 3.05) is 12.4 Å². The molecule has 0 radical (unpaired) electrons. The number of benzene rings is 1. The van der Waals surface area contributed by atoms with Crippen molar-refractivity contribution in [3.63, 3.8) is 0 Å². The Balaban J connectivity index is 2.19. The van der Waals surface area contributed by atoms with E-state index >= 15 is 0 Å². The third-order valence-electron chi connectivity index (χ3n) is 3.65. The standard InChI is InChI=1S/C17H16F3NO3S/c1-9-10(2)25-15(14(9)16(23)24-3)21-13(22)8-11-5-4-6-12(7-11)17(18,19)20/h4-7H,8H2,1-3H3,(H,21,22). The largest absolute Gasteiger partial charge is 0.465 e. The highest BCUT2D eigenvalue weighted by Gasteiger charge is 2.30. The van der Waals surface area contributed by atoms with E-state index in [0.717, 1.165) is 17.0 Å². The molecule has 1 aromatic heterocycles. The third-order valence-corrected chi connectivity index (χ3v) is 4.77. The van der Waals surface area contributed by atoms with Gasteiger partial charge in [-0.05, 0) is 31.0 Å². The van der Waals surface area contributed by atoms with Gasteiger partial charge in [0.15, 0.2) is 0 Å². The summed E-state index contributed by atoms with van der Waals surface area (Å²) in [5, 5.41) is 2.92. The molecule has 1 aromatic carbocycles. The van der Waals surface area contributed by atoms with Crippen molar-refractivity contribution in [3.8, 4) is 0 Å². The topological polar surface area (TPSA) is 55.4 Å². The van der Waals surface area contributed by atoms with Crippen LogP contribution in [-0.2, 0) is 22.1 Å². The van der Waals surface area contributed by atoms with E-state index in [-0.39, 0.29) is 17.5 Å². The Hall–Kier alpha value is -2.35. The van der Waals surface area contributed by atoms with Gasteiger partial charge in [0.05, 0.1) is 24.7 Å². The van der Waals surface area contributed by atoms with Gasteiger partial charge in [-0.3, -0.25) is 4.79 Å². The number of carbonyl (C=O) groups excluding carboxylic acids is 2. The van der Waals surface area contributed by atoms with Crippen LogP contribution < -0.4 is 5.32 Å². The van der Waals surface area contributed by atoms with Gasteiger partial charge in [0, 0.05) is 4.88 Å². The molecule has 0 unspecified atom stereocenters. The summed E-state index contributed by atoms with van der Waals surface area (Å²) >= 11 is 1.22. The highest BCUT2D eigenvalue weighted by molar-refractivity contribution is 7.16. The summed E-state index contributed by atoms with van der Waals surface area (Å²) in [6, 6.07) is 4.58. The van der Waals surface area contributed by atoms with Crippen molar-refractivity contribution in [2.45, 2.75) is 26.4 Å². The molecule has 0 aliphatic heterocycles. The Bertz CT molecular complexity index is 812.